The standard InChI is InChI=1S/C18H17N3O3/c22-17(14-4-1-3-13-6-7-19-16(13)14)20-8-10-21(11-9-20)18(23)15-5-2-12-24-15/h1-7,12,19H,8-11H2. The predicted molar refractivity (Wildman–Crippen MR) is 88.8 cm³/mol. The first-order chi connectivity index (χ1) is 11.7. The summed E-state index contributed by atoms with van der Waals surface area (Å²) in [7, 11) is 0. The molecule has 0 bridgehead atoms. The van der Waals surface area contributed by atoms with Gasteiger partial charge >= 0.3 is 0 Å². The van der Waals surface area contributed by atoms with Crippen LogP contribution in [0.15, 0.2) is 53.3 Å². The van der Waals surface area contributed by atoms with Crippen molar-refractivity contribution in [3.63, 3.8) is 0 Å². The van der Waals surface area contributed by atoms with E-state index in [0.717, 1.165) is 10.9 Å². The number of carbonyl (C=O) groups is 2. The zero-order valence-corrected chi connectivity index (χ0v) is 13.1. The summed E-state index contributed by atoms with van der Waals surface area (Å²) < 4.78 is 5.16. The normalized spacial score (nSPS) is 15.0. The molecule has 3 aromatic rings. The van der Waals surface area contributed by atoms with Gasteiger partial charge in [0.15, 0.2) is 5.76 Å². The maximum atomic E-state index is 12.8. The Morgan fingerprint density at radius 3 is 2.38 bits per heavy atom. The smallest absolute Gasteiger partial charge is 0.289 e. The molecule has 122 valence electrons. The van der Waals surface area contributed by atoms with Crippen LogP contribution in [0.3, 0.4) is 0 Å². The lowest BCUT2D eigenvalue weighted by Crippen LogP contribution is -2.50. The number of para-hydroxylation sites is 1. The van der Waals surface area contributed by atoms with Gasteiger partial charge in [0.1, 0.15) is 0 Å². The monoisotopic (exact) mass is 323 g/mol. The summed E-state index contributed by atoms with van der Waals surface area (Å²) in [6.45, 7) is 2.04. The lowest BCUT2D eigenvalue weighted by molar-refractivity contribution is 0.0519. The number of furan rings is 1. The molecule has 6 nitrogen and oxygen atoms in total. The highest BCUT2D eigenvalue weighted by Gasteiger charge is 2.27. The van der Waals surface area contributed by atoms with Gasteiger partial charge in [-0.05, 0) is 24.3 Å². The summed E-state index contributed by atoms with van der Waals surface area (Å²) in [5, 5.41) is 1.02. The van der Waals surface area contributed by atoms with E-state index in [1.165, 1.54) is 6.26 Å². The van der Waals surface area contributed by atoms with Gasteiger partial charge < -0.3 is 19.2 Å². The Kier molecular flexibility index (Phi) is 3.57. The average molecular weight is 323 g/mol. The molecule has 3 heterocycles. The van der Waals surface area contributed by atoms with E-state index in [0.29, 0.717) is 37.5 Å². The molecular formula is C18H17N3O3. The number of hydrogen-bond acceptors (Lipinski definition) is 3. The number of rotatable bonds is 2. The van der Waals surface area contributed by atoms with Crippen LogP contribution >= 0.6 is 0 Å². The topological polar surface area (TPSA) is 69.6 Å². The fourth-order valence-corrected chi connectivity index (χ4v) is 3.10. The van der Waals surface area contributed by atoms with Crippen molar-refractivity contribution in [1.29, 1.82) is 0 Å². The molecule has 6 heteroatoms. The molecule has 2 amide bonds. The van der Waals surface area contributed by atoms with E-state index in [2.05, 4.69) is 4.98 Å². The Morgan fingerprint density at radius 2 is 1.67 bits per heavy atom. The van der Waals surface area contributed by atoms with Crippen LogP contribution in [0.2, 0.25) is 0 Å². The molecule has 1 aromatic carbocycles. The molecule has 0 aliphatic carbocycles. The van der Waals surface area contributed by atoms with Crippen LogP contribution in [-0.4, -0.2) is 52.8 Å². The minimum atomic E-state index is -0.126. The van der Waals surface area contributed by atoms with Crippen molar-refractivity contribution in [2.45, 2.75) is 0 Å². The molecule has 1 saturated heterocycles. The van der Waals surface area contributed by atoms with Crippen molar-refractivity contribution in [3.8, 4) is 0 Å². The summed E-state index contributed by atoms with van der Waals surface area (Å²) in [5.74, 6) is 0.206. The number of carbonyl (C=O) groups excluding carboxylic acids is 2. The molecule has 4 rings (SSSR count). The van der Waals surface area contributed by atoms with Gasteiger partial charge in [-0.25, -0.2) is 0 Å². The van der Waals surface area contributed by atoms with Crippen molar-refractivity contribution in [2.75, 3.05) is 26.2 Å². The zero-order chi connectivity index (χ0) is 16.5. The Bertz CT molecular complexity index is 874. The third-order valence-corrected chi connectivity index (χ3v) is 4.40. The van der Waals surface area contributed by atoms with E-state index in [9.17, 15) is 9.59 Å². The van der Waals surface area contributed by atoms with Crippen molar-refractivity contribution in [2.24, 2.45) is 0 Å². The van der Waals surface area contributed by atoms with E-state index in [-0.39, 0.29) is 11.8 Å². The second-order valence-electron chi connectivity index (χ2n) is 5.81. The fourth-order valence-electron chi connectivity index (χ4n) is 3.10. The average Bonchev–Trinajstić information content (AvgIpc) is 3.31. The van der Waals surface area contributed by atoms with Gasteiger partial charge in [-0.3, -0.25) is 9.59 Å². The lowest BCUT2D eigenvalue weighted by atomic mass is 10.1. The summed E-state index contributed by atoms with van der Waals surface area (Å²) >= 11 is 0. The molecule has 1 aliphatic heterocycles. The summed E-state index contributed by atoms with van der Waals surface area (Å²) in [6.07, 6.45) is 3.32. The number of nitrogens with one attached hydrogen (secondary N) is 1. The number of aromatic nitrogens is 1. The van der Waals surface area contributed by atoms with E-state index >= 15 is 0 Å². The summed E-state index contributed by atoms with van der Waals surface area (Å²) in [6, 6.07) is 11.0. The van der Waals surface area contributed by atoms with Crippen molar-refractivity contribution >= 4 is 22.7 Å². The largest absolute Gasteiger partial charge is 0.459 e. The molecule has 1 N–H and O–H groups in total. The number of hydrogen-bond donors (Lipinski definition) is 1. The third-order valence-electron chi connectivity index (χ3n) is 4.40. The van der Waals surface area contributed by atoms with Crippen LogP contribution < -0.4 is 0 Å². The minimum absolute atomic E-state index is 0.00634. The van der Waals surface area contributed by atoms with Crippen LogP contribution in [-0.2, 0) is 0 Å². The minimum Gasteiger partial charge on any atom is -0.459 e. The number of aromatic amines is 1. The number of piperazine rings is 1. The SMILES string of the molecule is O=C(c1ccco1)N1CCN(C(=O)c2cccc3cc[nH]c23)CC1. The van der Waals surface area contributed by atoms with Crippen LogP contribution in [0.5, 0.6) is 0 Å². The quantitative estimate of drug-likeness (QED) is 0.787. The molecule has 2 aromatic heterocycles. The molecule has 0 saturated carbocycles. The zero-order valence-electron chi connectivity index (χ0n) is 13.1. The fraction of sp³-hybridized carbons (Fsp3) is 0.222. The van der Waals surface area contributed by atoms with Crippen LogP contribution in [0.4, 0.5) is 0 Å². The van der Waals surface area contributed by atoms with Gasteiger partial charge in [0, 0.05) is 37.8 Å². The Balaban J connectivity index is 1.47. The Morgan fingerprint density at radius 1 is 0.917 bits per heavy atom. The summed E-state index contributed by atoms with van der Waals surface area (Å²) in [4.78, 5) is 31.7. The maximum Gasteiger partial charge on any atom is 0.289 e. The highest BCUT2D eigenvalue weighted by molar-refractivity contribution is 6.05. The number of nitrogens with zero attached hydrogens (tertiary/aromatic N) is 2. The summed E-state index contributed by atoms with van der Waals surface area (Å²) in [5.41, 5.74) is 1.53. The Labute approximate surface area is 138 Å². The molecule has 1 fully saturated rings. The van der Waals surface area contributed by atoms with Crippen molar-refractivity contribution < 1.29 is 14.0 Å². The number of amides is 2. The van der Waals surface area contributed by atoms with Crippen molar-refractivity contribution in [1.82, 2.24) is 14.8 Å². The van der Waals surface area contributed by atoms with Crippen molar-refractivity contribution in [3.05, 3.63) is 60.2 Å². The molecule has 0 spiro atoms. The molecule has 24 heavy (non-hydrogen) atoms. The van der Waals surface area contributed by atoms with Crippen LogP contribution in [0.1, 0.15) is 20.9 Å². The molecular weight excluding hydrogens is 306 g/mol. The Hall–Kier alpha value is -3.02. The van der Waals surface area contributed by atoms with Crippen LogP contribution in [0.25, 0.3) is 10.9 Å². The van der Waals surface area contributed by atoms with Crippen LogP contribution in [0, 0.1) is 0 Å². The van der Waals surface area contributed by atoms with E-state index in [1.807, 2.05) is 30.5 Å². The van der Waals surface area contributed by atoms with Gasteiger partial charge in [-0.15, -0.1) is 0 Å². The number of fused-ring (bicyclic) bond motifs is 1. The third kappa shape index (κ3) is 2.46. The van der Waals surface area contributed by atoms with Gasteiger partial charge in [0.25, 0.3) is 11.8 Å². The van der Waals surface area contributed by atoms with Gasteiger partial charge in [0.2, 0.25) is 0 Å². The van der Waals surface area contributed by atoms with Gasteiger partial charge in [-0.1, -0.05) is 12.1 Å². The highest BCUT2D eigenvalue weighted by Crippen LogP contribution is 2.19. The molecule has 0 radical (unpaired) electrons. The van der Waals surface area contributed by atoms with E-state index in [4.69, 9.17) is 4.42 Å². The first-order valence-electron chi connectivity index (χ1n) is 7.92. The van der Waals surface area contributed by atoms with Gasteiger partial charge in [-0.2, -0.15) is 0 Å². The second-order valence-corrected chi connectivity index (χ2v) is 5.81. The molecule has 1 aliphatic rings. The molecule has 0 atom stereocenters. The second kappa shape index (κ2) is 5.88. The number of H-pyrrole nitrogens is 1. The molecule has 0 unspecified atom stereocenters. The van der Waals surface area contributed by atoms with E-state index < -0.39 is 0 Å². The highest BCUT2D eigenvalue weighted by atomic mass is 16.3. The van der Waals surface area contributed by atoms with E-state index in [1.54, 1.807) is 21.9 Å². The number of benzene rings is 1. The lowest BCUT2D eigenvalue weighted by Gasteiger charge is -2.34. The van der Waals surface area contributed by atoms with Gasteiger partial charge in [0.05, 0.1) is 17.3 Å². The maximum absolute atomic E-state index is 12.8. The first-order valence-corrected chi connectivity index (χ1v) is 7.92. The first kappa shape index (κ1) is 14.6. The predicted octanol–water partition coefficient (Wildman–Crippen LogP) is 2.36.